The SMILES string of the molecule is CN1C(=O)N(CC(=O)N2CC(=O)Nc3ccccc32)C(=O)C12CCCCC2. The van der Waals surface area contributed by atoms with Crippen LogP contribution in [0.5, 0.6) is 0 Å². The van der Waals surface area contributed by atoms with Crippen molar-refractivity contribution in [2.75, 3.05) is 30.4 Å². The average Bonchev–Trinajstić information content (AvgIpc) is 2.84. The topological polar surface area (TPSA) is 90.0 Å². The zero-order valence-corrected chi connectivity index (χ0v) is 15.2. The van der Waals surface area contributed by atoms with Crippen molar-refractivity contribution in [2.24, 2.45) is 0 Å². The van der Waals surface area contributed by atoms with E-state index in [1.807, 2.05) is 0 Å². The number of benzene rings is 1. The number of fused-ring (bicyclic) bond motifs is 1. The number of imide groups is 1. The lowest BCUT2D eigenvalue weighted by Gasteiger charge is -2.35. The van der Waals surface area contributed by atoms with Gasteiger partial charge in [-0.25, -0.2) is 4.79 Å². The van der Waals surface area contributed by atoms with Crippen molar-refractivity contribution in [2.45, 2.75) is 37.6 Å². The summed E-state index contributed by atoms with van der Waals surface area (Å²) in [6.07, 6.45) is 4.10. The lowest BCUT2D eigenvalue weighted by atomic mass is 9.81. The van der Waals surface area contributed by atoms with Gasteiger partial charge in [0.15, 0.2) is 0 Å². The first-order valence-corrected chi connectivity index (χ1v) is 9.23. The molecule has 0 radical (unpaired) electrons. The van der Waals surface area contributed by atoms with Crippen LogP contribution in [0.15, 0.2) is 24.3 Å². The first-order valence-electron chi connectivity index (χ1n) is 9.23. The van der Waals surface area contributed by atoms with Gasteiger partial charge in [0.25, 0.3) is 5.91 Å². The molecule has 1 aromatic carbocycles. The van der Waals surface area contributed by atoms with Crippen LogP contribution in [0.1, 0.15) is 32.1 Å². The summed E-state index contributed by atoms with van der Waals surface area (Å²) in [4.78, 5) is 54.5. The zero-order valence-electron chi connectivity index (χ0n) is 15.2. The Bertz CT molecular complexity index is 831. The molecule has 142 valence electrons. The van der Waals surface area contributed by atoms with Crippen LogP contribution in [0, 0.1) is 0 Å². The number of likely N-dealkylation sites (N-methyl/N-ethyl adjacent to an activating group) is 1. The van der Waals surface area contributed by atoms with Crippen LogP contribution in [0.3, 0.4) is 0 Å². The molecule has 0 atom stereocenters. The largest absolute Gasteiger partial charge is 0.327 e. The summed E-state index contributed by atoms with van der Waals surface area (Å²) >= 11 is 0. The third-order valence-electron chi connectivity index (χ3n) is 5.85. The summed E-state index contributed by atoms with van der Waals surface area (Å²) in [6, 6.07) is 6.54. The molecule has 2 fully saturated rings. The number of hydrogen-bond acceptors (Lipinski definition) is 4. The molecular weight excluding hydrogens is 348 g/mol. The maximum atomic E-state index is 13.0. The van der Waals surface area contributed by atoms with Gasteiger partial charge in [0, 0.05) is 7.05 Å². The second-order valence-electron chi connectivity index (χ2n) is 7.37. The van der Waals surface area contributed by atoms with E-state index in [1.54, 1.807) is 31.3 Å². The van der Waals surface area contributed by atoms with Gasteiger partial charge in [-0.3, -0.25) is 24.2 Å². The fraction of sp³-hybridized carbons (Fsp3) is 0.474. The Morgan fingerprint density at radius 2 is 1.81 bits per heavy atom. The van der Waals surface area contributed by atoms with E-state index in [0.717, 1.165) is 24.2 Å². The molecule has 0 bridgehead atoms. The maximum absolute atomic E-state index is 13.0. The van der Waals surface area contributed by atoms with Crippen LogP contribution in [0.4, 0.5) is 16.2 Å². The molecule has 8 heteroatoms. The van der Waals surface area contributed by atoms with E-state index in [9.17, 15) is 19.2 Å². The lowest BCUT2D eigenvalue weighted by Crippen LogP contribution is -2.50. The molecule has 2 aliphatic heterocycles. The predicted octanol–water partition coefficient (Wildman–Crippen LogP) is 1.57. The highest BCUT2D eigenvalue weighted by atomic mass is 16.2. The molecule has 27 heavy (non-hydrogen) atoms. The minimum Gasteiger partial charge on any atom is -0.323 e. The first-order chi connectivity index (χ1) is 12.9. The molecule has 2 heterocycles. The number of carbonyl (C=O) groups excluding carboxylic acids is 4. The van der Waals surface area contributed by atoms with Gasteiger partial charge in [-0.1, -0.05) is 31.4 Å². The molecule has 0 aromatic heterocycles. The third kappa shape index (κ3) is 2.67. The molecule has 1 N–H and O–H groups in total. The number of carbonyl (C=O) groups is 4. The van der Waals surface area contributed by atoms with Crippen LogP contribution in [-0.4, -0.2) is 59.2 Å². The number of nitrogens with zero attached hydrogens (tertiary/aromatic N) is 3. The highest BCUT2D eigenvalue weighted by Gasteiger charge is 2.56. The van der Waals surface area contributed by atoms with Gasteiger partial charge in [-0.05, 0) is 25.0 Å². The summed E-state index contributed by atoms with van der Waals surface area (Å²) in [5.41, 5.74) is 0.302. The Hall–Kier alpha value is -2.90. The Kier molecular flexibility index (Phi) is 4.13. The van der Waals surface area contributed by atoms with E-state index in [1.165, 1.54) is 9.80 Å². The number of hydrogen-bond donors (Lipinski definition) is 1. The van der Waals surface area contributed by atoms with Crippen LogP contribution >= 0.6 is 0 Å². The normalized spacial score (nSPS) is 21.5. The maximum Gasteiger partial charge on any atom is 0.327 e. The minimum absolute atomic E-state index is 0.132. The monoisotopic (exact) mass is 370 g/mol. The Balaban J connectivity index is 1.57. The number of para-hydroxylation sites is 2. The number of amides is 5. The summed E-state index contributed by atoms with van der Waals surface area (Å²) in [7, 11) is 1.64. The Labute approximate surface area is 157 Å². The summed E-state index contributed by atoms with van der Waals surface area (Å²) < 4.78 is 0. The smallest absolute Gasteiger partial charge is 0.323 e. The van der Waals surface area contributed by atoms with Crippen molar-refractivity contribution in [1.29, 1.82) is 0 Å². The second kappa shape index (κ2) is 6.37. The van der Waals surface area contributed by atoms with Gasteiger partial charge < -0.3 is 10.2 Å². The van der Waals surface area contributed by atoms with Gasteiger partial charge in [0.1, 0.15) is 18.6 Å². The van der Waals surface area contributed by atoms with E-state index in [-0.39, 0.29) is 24.9 Å². The number of rotatable bonds is 2. The standard InChI is InChI=1S/C19H22N4O4/c1-21-18(27)23(17(26)19(21)9-5-2-6-10-19)12-16(25)22-11-15(24)20-13-7-3-4-8-14(13)22/h3-4,7-8H,2,5-6,9-12H2,1H3,(H,20,24). The molecule has 8 nitrogen and oxygen atoms in total. The molecule has 1 saturated carbocycles. The molecule has 1 spiro atoms. The second-order valence-corrected chi connectivity index (χ2v) is 7.37. The zero-order chi connectivity index (χ0) is 19.2. The van der Waals surface area contributed by atoms with Crippen molar-refractivity contribution in [3.8, 4) is 0 Å². The summed E-state index contributed by atoms with van der Waals surface area (Å²) in [6.45, 7) is -0.488. The average molecular weight is 370 g/mol. The van der Waals surface area contributed by atoms with E-state index in [4.69, 9.17) is 0 Å². The van der Waals surface area contributed by atoms with E-state index in [2.05, 4.69) is 5.32 Å². The molecular formula is C19H22N4O4. The summed E-state index contributed by atoms with van der Waals surface area (Å²) in [5, 5.41) is 2.72. The summed E-state index contributed by atoms with van der Waals surface area (Å²) in [5.74, 6) is -1.04. The van der Waals surface area contributed by atoms with Crippen molar-refractivity contribution in [1.82, 2.24) is 9.80 Å². The highest BCUT2D eigenvalue weighted by molar-refractivity contribution is 6.14. The van der Waals surface area contributed by atoms with Crippen LogP contribution in [-0.2, 0) is 14.4 Å². The first kappa shape index (κ1) is 17.5. The number of anilines is 2. The Morgan fingerprint density at radius 1 is 1.11 bits per heavy atom. The molecule has 1 saturated heterocycles. The number of urea groups is 1. The lowest BCUT2D eigenvalue weighted by molar-refractivity contribution is -0.136. The number of nitrogens with one attached hydrogen (secondary N) is 1. The molecule has 4 rings (SSSR count). The minimum atomic E-state index is -0.813. The fourth-order valence-corrected chi connectivity index (χ4v) is 4.35. The van der Waals surface area contributed by atoms with E-state index in [0.29, 0.717) is 24.2 Å². The van der Waals surface area contributed by atoms with E-state index >= 15 is 0 Å². The van der Waals surface area contributed by atoms with Crippen LogP contribution in [0.25, 0.3) is 0 Å². The van der Waals surface area contributed by atoms with Crippen LogP contribution < -0.4 is 10.2 Å². The van der Waals surface area contributed by atoms with Crippen LogP contribution in [0.2, 0.25) is 0 Å². The molecule has 1 aromatic rings. The molecule has 5 amide bonds. The van der Waals surface area contributed by atoms with Gasteiger partial charge in [-0.15, -0.1) is 0 Å². The molecule has 3 aliphatic rings. The van der Waals surface area contributed by atoms with Gasteiger partial charge >= 0.3 is 6.03 Å². The van der Waals surface area contributed by atoms with Gasteiger partial charge in [-0.2, -0.15) is 0 Å². The molecule has 0 unspecified atom stereocenters. The van der Waals surface area contributed by atoms with Crippen molar-refractivity contribution < 1.29 is 19.2 Å². The van der Waals surface area contributed by atoms with Crippen molar-refractivity contribution in [3.63, 3.8) is 0 Å². The van der Waals surface area contributed by atoms with Crippen molar-refractivity contribution >= 4 is 35.1 Å². The van der Waals surface area contributed by atoms with Gasteiger partial charge in [0.05, 0.1) is 11.4 Å². The van der Waals surface area contributed by atoms with Gasteiger partial charge in [0.2, 0.25) is 11.8 Å². The third-order valence-corrected chi connectivity index (χ3v) is 5.85. The predicted molar refractivity (Wildman–Crippen MR) is 98.1 cm³/mol. The quantitative estimate of drug-likeness (QED) is 0.800. The van der Waals surface area contributed by atoms with Crippen molar-refractivity contribution in [3.05, 3.63) is 24.3 Å². The fourth-order valence-electron chi connectivity index (χ4n) is 4.35. The Morgan fingerprint density at radius 3 is 2.56 bits per heavy atom. The molecule has 1 aliphatic carbocycles. The van der Waals surface area contributed by atoms with E-state index < -0.39 is 17.5 Å². The highest BCUT2D eigenvalue weighted by Crippen LogP contribution is 2.39.